The number of carbonyl (C=O) groups is 2. The van der Waals surface area contributed by atoms with Crippen LogP contribution in [-0.4, -0.2) is 18.8 Å². The number of allylic oxidation sites excluding steroid dienone is 2. The van der Waals surface area contributed by atoms with E-state index < -0.39 is 0 Å². The molecule has 0 saturated carbocycles. The highest BCUT2D eigenvalue weighted by Gasteiger charge is 2.20. The molecule has 0 spiro atoms. The number of carbonyl (C=O) groups excluding carboxylic acids is 2. The van der Waals surface area contributed by atoms with Crippen LogP contribution in [0, 0.1) is 0 Å². The zero-order valence-electron chi connectivity index (χ0n) is 14.3. The SMILES string of the molecule is COc1cc(NC2=C(C)C(=O)CC2)ccc1C(=O)Nc1ccccc1. The highest BCUT2D eigenvalue weighted by atomic mass is 16.5. The fraction of sp³-hybridized carbons (Fsp3) is 0.200. The Bertz CT molecular complexity index is 841. The second-order valence-electron chi connectivity index (χ2n) is 5.89. The van der Waals surface area contributed by atoms with Gasteiger partial charge in [-0.05, 0) is 37.6 Å². The van der Waals surface area contributed by atoms with Gasteiger partial charge in [-0.1, -0.05) is 18.2 Å². The number of hydrogen-bond donors (Lipinski definition) is 2. The Morgan fingerprint density at radius 2 is 1.80 bits per heavy atom. The highest BCUT2D eigenvalue weighted by Crippen LogP contribution is 2.28. The molecule has 0 radical (unpaired) electrons. The minimum Gasteiger partial charge on any atom is -0.496 e. The molecule has 5 heteroatoms. The van der Waals surface area contributed by atoms with Crippen LogP contribution in [0.4, 0.5) is 11.4 Å². The fourth-order valence-electron chi connectivity index (χ4n) is 2.79. The van der Waals surface area contributed by atoms with Crippen molar-refractivity contribution in [3.8, 4) is 5.75 Å². The van der Waals surface area contributed by atoms with E-state index in [-0.39, 0.29) is 11.7 Å². The predicted octanol–water partition coefficient (Wildman–Crippen LogP) is 4.00. The first-order valence-electron chi connectivity index (χ1n) is 8.13. The summed E-state index contributed by atoms with van der Waals surface area (Å²) in [6, 6.07) is 14.6. The van der Waals surface area contributed by atoms with E-state index in [0.717, 1.165) is 22.6 Å². The number of methoxy groups -OCH3 is 1. The Morgan fingerprint density at radius 3 is 2.44 bits per heavy atom. The Kier molecular flexibility index (Phi) is 4.84. The molecule has 0 bridgehead atoms. The standard InChI is InChI=1S/C20H20N2O3/c1-13-17(10-11-18(13)23)21-15-8-9-16(19(12-15)25-2)20(24)22-14-6-4-3-5-7-14/h3-9,12,21H,10-11H2,1-2H3,(H,22,24). The molecule has 0 heterocycles. The van der Waals surface area contributed by atoms with E-state index in [1.54, 1.807) is 12.1 Å². The van der Waals surface area contributed by atoms with Crippen molar-refractivity contribution in [2.24, 2.45) is 0 Å². The third-order valence-electron chi connectivity index (χ3n) is 4.25. The first kappa shape index (κ1) is 16.8. The quantitative estimate of drug-likeness (QED) is 0.866. The van der Waals surface area contributed by atoms with Crippen LogP contribution in [0.25, 0.3) is 0 Å². The summed E-state index contributed by atoms with van der Waals surface area (Å²) in [5.74, 6) is 0.412. The summed E-state index contributed by atoms with van der Waals surface area (Å²) < 4.78 is 5.37. The van der Waals surface area contributed by atoms with Crippen molar-refractivity contribution in [3.63, 3.8) is 0 Å². The van der Waals surface area contributed by atoms with E-state index in [1.165, 1.54) is 7.11 Å². The average molecular weight is 336 g/mol. The van der Waals surface area contributed by atoms with Crippen molar-refractivity contribution >= 4 is 23.1 Å². The molecular weight excluding hydrogens is 316 g/mol. The van der Waals surface area contributed by atoms with Crippen LogP contribution in [0.3, 0.4) is 0 Å². The lowest BCUT2D eigenvalue weighted by Crippen LogP contribution is -2.13. The molecule has 1 aliphatic rings. The van der Waals surface area contributed by atoms with Gasteiger partial charge in [0.1, 0.15) is 5.75 Å². The van der Waals surface area contributed by atoms with E-state index in [2.05, 4.69) is 10.6 Å². The summed E-state index contributed by atoms with van der Waals surface area (Å²) in [6.45, 7) is 1.83. The van der Waals surface area contributed by atoms with Gasteiger partial charge in [0.25, 0.3) is 5.91 Å². The van der Waals surface area contributed by atoms with Crippen LogP contribution in [0.15, 0.2) is 59.8 Å². The summed E-state index contributed by atoms with van der Waals surface area (Å²) in [4.78, 5) is 24.1. The van der Waals surface area contributed by atoms with Gasteiger partial charge in [-0.15, -0.1) is 0 Å². The van der Waals surface area contributed by atoms with Crippen LogP contribution in [0.1, 0.15) is 30.1 Å². The van der Waals surface area contributed by atoms with Gasteiger partial charge in [0, 0.05) is 35.1 Å². The van der Waals surface area contributed by atoms with Crippen LogP contribution < -0.4 is 15.4 Å². The van der Waals surface area contributed by atoms with E-state index in [4.69, 9.17) is 4.74 Å². The average Bonchev–Trinajstić information content (AvgIpc) is 2.94. The summed E-state index contributed by atoms with van der Waals surface area (Å²) in [6.07, 6.45) is 1.26. The molecule has 0 saturated heterocycles. The van der Waals surface area contributed by atoms with Gasteiger partial charge in [0.2, 0.25) is 0 Å². The van der Waals surface area contributed by atoms with Crippen LogP contribution in [0.5, 0.6) is 5.75 Å². The number of Topliss-reactive ketones (excluding diaryl/α,β-unsaturated/α-hetero) is 1. The third-order valence-corrected chi connectivity index (χ3v) is 4.25. The van der Waals surface area contributed by atoms with E-state index in [1.807, 2.05) is 43.3 Å². The molecule has 2 aromatic rings. The summed E-state index contributed by atoms with van der Waals surface area (Å²) >= 11 is 0. The number of ketones is 1. The van der Waals surface area contributed by atoms with Crippen molar-refractivity contribution in [2.45, 2.75) is 19.8 Å². The smallest absolute Gasteiger partial charge is 0.259 e. The molecule has 0 aliphatic heterocycles. The lowest BCUT2D eigenvalue weighted by atomic mass is 10.1. The number of anilines is 2. The van der Waals surface area contributed by atoms with Crippen molar-refractivity contribution in [1.29, 1.82) is 0 Å². The minimum atomic E-state index is -0.235. The second kappa shape index (κ2) is 7.21. The van der Waals surface area contributed by atoms with Crippen molar-refractivity contribution in [2.75, 3.05) is 17.7 Å². The largest absolute Gasteiger partial charge is 0.496 e. The number of ether oxygens (including phenoxy) is 1. The zero-order chi connectivity index (χ0) is 17.8. The number of rotatable bonds is 5. The first-order chi connectivity index (χ1) is 12.1. The van der Waals surface area contributed by atoms with Crippen LogP contribution >= 0.6 is 0 Å². The first-order valence-corrected chi connectivity index (χ1v) is 8.13. The van der Waals surface area contributed by atoms with E-state index >= 15 is 0 Å². The molecular formula is C20H20N2O3. The van der Waals surface area contributed by atoms with Gasteiger partial charge in [0.15, 0.2) is 5.78 Å². The maximum atomic E-state index is 12.5. The highest BCUT2D eigenvalue weighted by molar-refractivity contribution is 6.06. The van der Waals surface area contributed by atoms with Crippen molar-refractivity contribution < 1.29 is 14.3 Å². The Labute approximate surface area is 146 Å². The molecule has 2 N–H and O–H groups in total. The topological polar surface area (TPSA) is 67.4 Å². The summed E-state index contributed by atoms with van der Waals surface area (Å²) in [5.41, 5.74) is 3.66. The maximum absolute atomic E-state index is 12.5. The number of hydrogen-bond acceptors (Lipinski definition) is 4. The fourth-order valence-corrected chi connectivity index (χ4v) is 2.79. The lowest BCUT2D eigenvalue weighted by molar-refractivity contribution is -0.114. The molecule has 0 atom stereocenters. The molecule has 0 aromatic heterocycles. The van der Waals surface area contributed by atoms with Gasteiger partial charge < -0.3 is 15.4 Å². The number of benzene rings is 2. The summed E-state index contributed by atoms with van der Waals surface area (Å²) in [5, 5.41) is 6.10. The molecule has 2 aromatic carbocycles. The molecule has 25 heavy (non-hydrogen) atoms. The lowest BCUT2D eigenvalue weighted by Gasteiger charge is -2.13. The molecule has 0 fully saturated rings. The molecule has 5 nitrogen and oxygen atoms in total. The van der Waals surface area contributed by atoms with Crippen molar-refractivity contribution in [1.82, 2.24) is 0 Å². The second-order valence-corrected chi connectivity index (χ2v) is 5.89. The third kappa shape index (κ3) is 3.71. The van der Waals surface area contributed by atoms with E-state index in [9.17, 15) is 9.59 Å². The van der Waals surface area contributed by atoms with E-state index in [0.29, 0.717) is 24.2 Å². The molecule has 0 unspecified atom stereocenters. The normalized spacial score (nSPS) is 13.8. The Hall–Kier alpha value is -3.08. The predicted molar refractivity (Wildman–Crippen MR) is 98.0 cm³/mol. The van der Waals surface area contributed by atoms with Crippen LogP contribution in [0.2, 0.25) is 0 Å². The van der Waals surface area contributed by atoms with Crippen LogP contribution in [-0.2, 0) is 4.79 Å². The number of nitrogens with one attached hydrogen (secondary N) is 2. The van der Waals surface area contributed by atoms with Gasteiger partial charge >= 0.3 is 0 Å². The molecule has 1 amide bonds. The van der Waals surface area contributed by atoms with Gasteiger partial charge in [0.05, 0.1) is 12.7 Å². The Morgan fingerprint density at radius 1 is 1.04 bits per heavy atom. The number of para-hydroxylation sites is 1. The molecule has 128 valence electrons. The minimum absolute atomic E-state index is 0.174. The van der Waals surface area contributed by atoms with Gasteiger partial charge in [-0.2, -0.15) is 0 Å². The Balaban J connectivity index is 1.80. The van der Waals surface area contributed by atoms with Gasteiger partial charge in [-0.3, -0.25) is 9.59 Å². The maximum Gasteiger partial charge on any atom is 0.259 e. The monoisotopic (exact) mass is 336 g/mol. The summed E-state index contributed by atoms with van der Waals surface area (Å²) in [7, 11) is 1.53. The molecule has 3 rings (SSSR count). The number of amides is 1. The molecule has 1 aliphatic carbocycles. The van der Waals surface area contributed by atoms with Gasteiger partial charge in [-0.25, -0.2) is 0 Å². The zero-order valence-corrected chi connectivity index (χ0v) is 14.3. The van der Waals surface area contributed by atoms with Crippen molar-refractivity contribution in [3.05, 3.63) is 65.4 Å².